The second-order valence-electron chi connectivity index (χ2n) is 10.0. The predicted octanol–water partition coefficient (Wildman–Crippen LogP) is 6.23. The molecule has 1 heterocycles. The quantitative estimate of drug-likeness (QED) is 0.326. The van der Waals surface area contributed by atoms with E-state index in [0.717, 1.165) is 30.1 Å². The largest absolute Gasteiger partial charge is 0.490 e. The molecule has 0 saturated heterocycles. The molecule has 4 rings (SSSR count). The van der Waals surface area contributed by atoms with Gasteiger partial charge < -0.3 is 19.7 Å². The highest BCUT2D eigenvalue weighted by Gasteiger charge is 2.28. The number of fused-ring (bicyclic) bond motifs is 1. The van der Waals surface area contributed by atoms with Gasteiger partial charge in [0.1, 0.15) is 12.4 Å². The zero-order chi connectivity index (χ0) is 27.9. The monoisotopic (exact) mass is 526 g/mol. The van der Waals surface area contributed by atoms with Crippen LogP contribution in [-0.4, -0.2) is 44.7 Å². The number of rotatable bonds is 8. The summed E-state index contributed by atoms with van der Waals surface area (Å²) in [5.41, 5.74) is 5.63. The van der Waals surface area contributed by atoms with Gasteiger partial charge in [-0.3, -0.25) is 4.79 Å². The van der Waals surface area contributed by atoms with Gasteiger partial charge in [-0.15, -0.1) is 0 Å². The second-order valence-corrected chi connectivity index (χ2v) is 10.0. The molecule has 0 aromatic heterocycles. The van der Waals surface area contributed by atoms with Crippen LogP contribution >= 0.6 is 0 Å². The third-order valence-corrected chi connectivity index (χ3v) is 7.44. The van der Waals surface area contributed by atoms with E-state index in [4.69, 9.17) is 9.47 Å². The minimum atomic E-state index is -0.332. The highest BCUT2D eigenvalue weighted by molar-refractivity contribution is 5.96. The molecule has 0 spiro atoms. The number of hydrogen-bond donors (Lipinski definition) is 1. The summed E-state index contributed by atoms with van der Waals surface area (Å²) in [6.45, 7) is 10.2. The molecular formula is C33H38N2O4. The number of carbonyl (C=O) groups is 2. The number of benzene rings is 2. The molecule has 3 unspecified atom stereocenters. The van der Waals surface area contributed by atoms with E-state index < -0.39 is 0 Å². The number of amides is 1. The van der Waals surface area contributed by atoms with Crippen molar-refractivity contribution in [2.75, 3.05) is 31.7 Å². The van der Waals surface area contributed by atoms with Crippen LogP contribution in [0.15, 0.2) is 90.1 Å². The predicted molar refractivity (Wildman–Crippen MR) is 157 cm³/mol. The minimum absolute atomic E-state index is 0.0981. The zero-order valence-electron chi connectivity index (χ0n) is 23.4. The van der Waals surface area contributed by atoms with Gasteiger partial charge in [0.05, 0.1) is 30.9 Å². The highest BCUT2D eigenvalue weighted by atomic mass is 16.5. The molecule has 1 aliphatic heterocycles. The van der Waals surface area contributed by atoms with Gasteiger partial charge in [-0.2, -0.15) is 0 Å². The molecule has 204 valence electrons. The molecule has 0 bridgehead atoms. The fourth-order valence-corrected chi connectivity index (χ4v) is 5.37. The van der Waals surface area contributed by atoms with E-state index in [9.17, 15) is 9.59 Å². The first-order valence-corrected chi connectivity index (χ1v) is 13.5. The van der Waals surface area contributed by atoms with Crippen molar-refractivity contribution in [3.8, 4) is 5.75 Å². The second kappa shape index (κ2) is 12.7. The SMILES string of the molecule is CC=CC(=CC)C(C)NC(=O)c1ccc2c(c1)OCCN2CC1=CC=CC(C)C1c1ccc(C(=O)OC)cc1. The van der Waals surface area contributed by atoms with Gasteiger partial charge in [-0.25, -0.2) is 4.79 Å². The Balaban J connectivity index is 1.52. The molecule has 6 heteroatoms. The van der Waals surface area contributed by atoms with Crippen LogP contribution in [0.4, 0.5) is 5.69 Å². The number of carbonyl (C=O) groups excluding carboxylic acids is 2. The van der Waals surface area contributed by atoms with Crippen LogP contribution < -0.4 is 15.0 Å². The summed E-state index contributed by atoms with van der Waals surface area (Å²) in [7, 11) is 1.39. The molecule has 0 fully saturated rings. The first-order valence-electron chi connectivity index (χ1n) is 13.5. The topological polar surface area (TPSA) is 67.9 Å². The fraction of sp³-hybridized carbons (Fsp3) is 0.333. The Bertz CT molecular complexity index is 1320. The molecule has 0 radical (unpaired) electrons. The van der Waals surface area contributed by atoms with Crippen molar-refractivity contribution in [2.24, 2.45) is 5.92 Å². The van der Waals surface area contributed by atoms with Gasteiger partial charge in [0.25, 0.3) is 5.91 Å². The van der Waals surface area contributed by atoms with Crippen LogP contribution in [-0.2, 0) is 4.74 Å². The maximum Gasteiger partial charge on any atom is 0.337 e. The molecule has 2 aliphatic rings. The molecule has 3 atom stereocenters. The Labute approximate surface area is 231 Å². The number of allylic oxidation sites excluding steroid dienone is 5. The number of methoxy groups -OCH3 is 1. The van der Waals surface area contributed by atoms with Gasteiger partial charge >= 0.3 is 5.97 Å². The van der Waals surface area contributed by atoms with Crippen molar-refractivity contribution in [1.29, 1.82) is 0 Å². The van der Waals surface area contributed by atoms with E-state index in [2.05, 4.69) is 35.4 Å². The number of esters is 1. The standard InChI is InChI=1S/C33H38N2O4/c1-6-9-24(7-2)23(4)34-32(36)27-16-17-29-30(20-27)39-19-18-35(29)21-28-11-8-10-22(3)31(28)25-12-14-26(15-13-25)33(37)38-5/h6-17,20,22-23,31H,18-19,21H2,1-5H3,(H,34,36). The number of nitrogens with zero attached hydrogens (tertiary/aromatic N) is 1. The van der Waals surface area contributed by atoms with Crippen LogP contribution in [0.5, 0.6) is 5.75 Å². The molecule has 39 heavy (non-hydrogen) atoms. The molecule has 1 amide bonds. The third kappa shape index (κ3) is 6.33. The van der Waals surface area contributed by atoms with Gasteiger partial charge in [-0.05, 0) is 73.7 Å². The van der Waals surface area contributed by atoms with Crippen molar-refractivity contribution in [3.63, 3.8) is 0 Å². The number of ether oxygens (including phenoxy) is 2. The molecule has 6 nitrogen and oxygen atoms in total. The van der Waals surface area contributed by atoms with Crippen LogP contribution in [0.3, 0.4) is 0 Å². The lowest BCUT2D eigenvalue weighted by molar-refractivity contribution is 0.0600. The van der Waals surface area contributed by atoms with Crippen molar-refractivity contribution in [2.45, 2.75) is 39.7 Å². The van der Waals surface area contributed by atoms with Crippen molar-refractivity contribution < 1.29 is 19.1 Å². The summed E-state index contributed by atoms with van der Waals surface area (Å²) in [5, 5.41) is 3.09. The summed E-state index contributed by atoms with van der Waals surface area (Å²) in [6.07, 6.45) is 12.5. The lowest BCUT2D eigenvalue weighted by atomic mass is 9.78. The highest BCUT2D eigenvalue weighted by Crippen LogP contribution is 2.39. The summed E-state index contributed by atoms with van der Waals surface area (Å²) < 4.78 is 10.9. The van der Waals surface area contributed by atoms with E-state index in [-0.39, 0.29) is 23.8 Å². The van der Waals surface area contributed by atoms with Gasteiger partial charge in [0, 0.05) is 18.0 Å². The normalized spacial score (nSPS) is 19.7. The van der Waals surface area contributed by atoms with Crippen LogP contribution in [0, 0.1) is 5.92 Å². The smallest absolute Gasteiger partial charge is 0.337 e. The Morgan fingerprint density at radius 3 is 2.59 bits per heavy atom. The maximum absolute atomic E-state index is 13.0. The lowest BCUT2D eigenvalue weighted by Crippen LogP contribution is -2.36. The lowest BCUT2D eigenvalue weighted by Gasteiger charge is -2.36. The van der Waals surface area contributed by atoms with Gasteiger partial charge in [0.15, 0.2) is 0 Å². The number of anilines is 1. The third-order valence-electron chi connectivity index (χ3n) is 7.44. The van der Waals surface area contributed by atoms with E-state index in [1.807, 2.05) is 81.5 Å². The van der Waals surface area contributed by atoms with Gasteiger partial charge in [0.2, 0.25) is 0 Å². The first-order chi connectivity index (χ1) is 18.9. The molecule has 2 aromatic rings. The summed E-state index contributed by atoms with van der Waals surface area (Å²) in [5.74, 6) is 0.769. The summed E-state index contributed by atoms with van der Waals surface area (Å²) >= 11 is 0. The first kappa shape index (κ1) is 28.0. The summed E-state index contributed by atoms with van der Waals surface area (Å²) in [4.78, 5) is 27.2. The van der Waals surface area contributed by atoms with Crippen LogP contribution in [0.1, 0.15) is 59.9 Å². The Morgan fingerprint density at radius 2 is 1.90 bits per heavy atom. The van der Waals surface area contributed by atoms with Crippen LogP contribution in [0.25, 0.3) is 0 Å². The molecule has 2 aromatic carbocycles. The van der Waals surface area contributed by atoms with Crippen LogP contribution in [0.2, 0.25) is 0 Å². The van der Waals surface area contributed by atoms with E-state index in [1.165, 1.54) is 18.2 Å². The average molecular weight is 527 g/mol. The maximum atomic E-state index is 13.0. The average Bonchev–Trinajstić information content (AvgIpc) is 2.95. The number of hydrogen-bond acceptors (Lipinski definition) is 5. The fourth-order valence-electron chi connectivity index (χ4n) is 5.37. The Hall–Kier alpha value is -4.06. The minimum Gasteiger partial charge on any atom is -0.490 e. The molecule has 1 aliphatic carbocycles. The van der Waals surface area contributed by atoms with E-state index in [0.29, 0.717) is 23.7 Å². The van der Waals surface area contributed by atoms with Crippen molar-refractivity contribution in [1.82, 2.24) is 5.32 Å². The summed E-state index contributed by atoms with van der Waals surface area (Å²) in [6, 6.07) is 13.3. The Morgan fingerprint density at radius 1 is 1.15 bits per heavy atom. The molecule has 1 N–H and O–H groups in total. The number of nitrogens with one attached hydrogen (secondary N) is 1. The van der Waals surface area contributed by atoms with Crippen molar-refractivity contribution in [3.05, 3.63) is 107 Å². The van der Waals surface area contributed by atoms with E-state index >= 15 is 0 Å². The van der Waals surface area contributed by atoms with E-state index in [1.54, 1.807) is 0 Å². The van der Waals surface area contributed by atoms with Crippen molar-refractivity contribution >= 4 is 17.6 Å². The molecular weight excluding hydrogens is 488 g/mol. The van der Waals surface area contributed by atoms with Gasteiger partial charge in [-0.1, -0.05) is 55.5 Å². The Kier molecular flexibility index (Phi) is 9.07. The zero-order valence-corrected chi connectivity index (χ0v) is 23.4. The molecule has 0 saturated carbocycles.